The van der Waals surface area contributed by atoms with E-state index in [2.05, 4.69) is 16.0 Å². The van der Waals surface area contributed by atoms with Crippen LogP contribution in [-0.2, 0) is 4.79 Å². The summed E-state index contributed by atoms with van der Waals surface area (Å²) in [6, 6.07) is 12.7. The molecule has 21 heavy (non-hydrogen) atoms. The van der Waals surface area contributed by atoms with Crippen LogP contribution in [0.25, 0.3) is 0 Å². The molecular formula is C15H15N3O2S. The van der Waals surface area contributed by atoms with Gasteiger partial charge < -0.3 is 16.0 Å². The van der Waals surface area contributed by atoms with E-state index in [0.29, 0.717) is 6.54 Å². The maximum absolute atomic E-state index is 12.3. The third kappa shape index (κ3) is 3.05. The minimum Gasteiger partial charge on any atom is -0.343 e. The van der Waals surface area contributed by atoms with Gasteiger partial charge >= 0.3 is 6.03 Å². The molecule has 0 bridgehead atoms. The molecule has 1 aromatic carbocycles. The third-order valence-electron chi connectivity index (χ3n) is 3.34. The lowest BCUT2D eigenvalue weighted by Crippen LogP contribution is -2.44. The highest BCUT2D eigenvalue weighted by atomic mass is 32.1. The number of nitrogens with one attached hydrogen (secondary N) is 3. The number of thiophene rings is 1. The number of hydrogen-bond acceptors (Lipinski definition) is 3. The molecule has 108 valence electrons. The van der Waals surface area contributed by atoms with Gasteiger partial charge in [-0.05, 0) is 17.0 Å². The Labute approximate surface area is 126 Å². The van der Waals surface area contributed by atoms with Crippen LogP contribution in [0.2, 0.25) is 0 Å². The SMILES string of the molecule is O=C1NCC(C(=O)NC(c2ccccc2)c2cccs2)N1. The van der Waals surface area contributed by atoms with Crippen LogP contribution in [0.3, 0.4) is 0 Å². The second-order valence-electron chi connectivity index (χ2n) is 4.77. The number of benzene rings is 1. The molecule has 3 N–H and O–H groups in total. The molecule has 1 saturated heterocycles. The van der Waals surface area contributed by atoms with Crippen molar-refractivity contribution in [2.24, 2.45) is 0 Å². The maximum Gasteiger partial charge on any atom is 0.315 e. The Kier molecular flexibility index (Phi) is 3.87. The van der Waals surface area contributed by atoms with Gasteiger partial charge in [-0.3, -0.25) is 4.79 Å². The largest absolute Gasteiger partial charge is 0.343 e. The molecule has 1 fully saturated rings. The van der Waals surface area contributed by atoms with Gasteiger partial charge in [0.25, 0.3) is 0 Å². The molecule has 2 heterocycles. The van der Waals surface area contributed by atoms with Crippen LogP contribution in [-0.4, -0.2) is 24.5 Å². The van der Waals surface area contributed by atoms with Gasteiger partial charge in [0.15, 0.2) is 0 Å². The zero-order chi connectivity index (χ0) is 14.7. The fourth-order valence-electron chi connectivity index (χ4n) is 2.28. The predicted octanol–water partition coefficient (Wildman–Crippen LogP) is 1.64. The normalized spacial score (nSPS) is 18.7. The molecule has 1 aromatic heterocycles. The van der Waals surface area contributed by atoms with E-state index in [9.17, 15) is 9.59 Å². The Balaban J connectivity index is 1.80. The average Bonchev–Trinajstić information content (AvgIpc) is 3.17. The van der Waals surface area contributed by atoms with E-state index < -0.39 is 6.04 Å². The number of urea groups is 1. The van der Waals surface area contributed by atoms with Gasteiger partial charge in [-0.15, -0.1) is 11.3 Å². The monoisotopic (exact) mass is 301 g/mol. The van der Waals surface area contributed by atoms with E-state index in [0.717, 1.165) is 10.4 Å². The Bertz CT molecular complexity index is 628. The Morgan fingerprint density at radius 1 is 1.24 bits per heavy atom. The molecule has 0 saturated carbocycles. The minimum absolute atomic E-state index is 0.185. The summed E-state index contributed by atoms with van der Waals surface area (Å²) < 4.78 is 0. The standard InChI is InChI=1S/C15H15N3O2S/c19-14(11-9-16-15(20)17-11)18-13(12-7-4-8-21-12)10-5-2-1-3-6-10/h1-8,11,13H,9H2,(H,18,19)(H2,16,17,20). The second-order valence-corrected chi connectivity index (χ2v) is 5.75. The van der Waals surface area contributed by atoms with Gasteiger partial charge in [0, 0.05) is 11.4 Å². The number of carbonyl (C=O) groups excluding carboxylic acids is 2. The summed E-state index contributed by atoms with van der Waals surface area (Å²) in [5.41, 5.74) is 1.02. The summed E-state index contributed by atoms with van der Waals surface area (Å²) in [6.07, 6.45) is 0. The summed E-state index contributed by atoms with van der Waals surface area (Å²) in [6.45, 7) is 0.316. The molecule has 0 aliphatic carbocycles. The Morgan fingerprint density at radius 2 is 2.05 bits per heavy atom. The molecule has 3 amide bonds. The van der Waals surface area contributed by atoms with Crippen molar-refractivity contribution in [2.45, 2.75) is 12.1 Å². The van der Waals surface area contributed by atoms with Crippen molar-refractivity contribution in [1.29, 1.82) is 0 Å². The number of rotatable bonds is 4. The zero-order valence-electron chi connectivity index (χ0n) is 11.2. The molecule has 2 aromatic rings. The lowest BCUT2D eigenvalue weighted by molar-refractivity contribution is -0.122. The highest BCUT2D eigenvalue weighted by Crippen LogP contribution is 2.26. The Hall–Kier alpha value is -2.34. The first-order valence-corrected chi connectivity index (χ1v) is 7.55. The first-order chi connectivity index (χ1) is 10.2. The second kappa shape index (κ2) is 5.97. The van der Waals surface area contributed by atoms with Gasteiger partial charge in [-0.25, -0.2) is 4.79 Å². The van der Waals surface area contributed by atoms with Gasteiger partial charge in [0.1, 0.15) is 6.04 Å². The summed E-state index contributed by atoms with van der Waals surface area (Å²) in [5.74, 6) is -0.185. The highest BCUT2D eigenvalue weighted by molar-refractivity contribution is 7.10. The van der Waals surface area contributed by atoms with E-state index in [-0.39, 0.29) is 18.0 Å². The van der Waals surface area contributed by atoms with E-state index in [4.69, 9.17) is 0 Å². The maximum atomic E-state index is 12.3. The van der Waals surface area contributed by atoms with Crippen LogP contribution in [0.1, 0.15) is 16.5 Å². The number of amides is 3. The summed E-state index contributed by atoms with van der Waals surface area (Å²) >= 11 is 1.59. The van der Waals surface area contributed by atoms with Gasteiger partial charge in [-0.1, -0.05) is 36.4 Å². The topological polar surface area (TPSA) is 70.2 Å². The minimum atomic E-state index is -0.524. The molecule has 1 aliphatic heterocycles. The molecule has 6 heteroatoms. The van der Waals surface area contributed by atoms with Crippen LogP contribution in [0, 0.1) is 0 Å². The van der Waals surface area contributed by atoms with Crippen LogP contribution in [0.5, 0.6) is 0 Å². The average molecular weight is 301 g/mol. The van der Waals surface area contributed by atoms with Crippen molar-refractivity contribution in [3.8, 4) is 0 Å². The predicted molar refractivity (Wildman–Crippen MR) is 81.1 cm³/mol. The van der Waals surface area contributed by atoms with E-state index >= 15 is 0 Å². The third-order valence-corrected chi connectivity index (χ3v) is 4.27. The number of carbonyl (C=O) groups is 2. The van der Waals surface area contributed by atoms with Crippen molar-refractivity contribution in [1.82, 2.24) is 16.0 Å². The van der Waals surface area contributed by atoms with Crippen LogP contribution >= 0.6 is 11.3 Å². The smallest absolute Gasteiger partial charge is 0.315 e. The fourth-order valence-corrected chi connectivity index (χ4v) is 3.08. The molecule has 2 unspecified atom stereocenters. The number of hydrogen-bond donors (Lipinski definition) is 3. The van der Waals surface area contributed by atoms with Crippen molar-refractivity contribution in [2.75, 3.05) is 6.54 Å². The van der Waals surface area contributed by atoms with Crippen molar-refractivity contribution in [3.63, 3.8) is 0 Å². The molecule has 0 radical (unpaired) electrons. The molecular weight excluding hydrogens is 286 g/mol. The first-order valence-electron chi connectivity index (χ1n) is 6.67. The van der Waals surface area contributed by atoms with Gasteiger partial charge in [0.05, 0.1) is 6.04 Å². The molecule has 3 rings (SSSR count). The molecule has 1 aliphatic rings. The summed E-state index contributed by atoms with van der Waals surface area (Å²) in [4.78, 5) is 24.5. The zero-order valence-corrected chi connectivity index (χ0v) is 12.0. The van der Waals surface area contributed by atoms with E-state index in [1.165, 1.54) is 0 Å². The quantitative estimate of drug-likeness (QED) is 0.803. The lowest BCUT2D eigenvalue weighted by Gasteiger charge is -2.20. The lowest BCUT2D eigenvalue weighted by atomic mass is 10.0. The summed E-state index contributed by atoms with van der Waals surface area (Å²) in [7, 11) is 0. The fraction of sp³-hybridized carbons (Fsp3) is 0.200. The van der Waals surface area contributed by atoms with Crippen molar-refractivity contribution < 1.29 is 9.59 Å². The first kappa shape index (κ1) is 13.6. The van der Waals surface area contributed by atoms with Gasteiger partial charge in [0.2, 0.25) is 5.91 Å². The summed E-state index contributed by atoms with van der Waals surface area (Å²) in [5, 5.41) is 10.2. The van der Waals surface area contributed by atoms with Crippen LogP contribution < -0.4 is 16.0 Å². The van der Waals surface area contributed by atoms with Crippen molar-refractivity contribution >= 4 is 23.3 Å². The van der Waals surface area contributed by atoms with Gasteiger partial charge in [-0.2, -0.15) is 0 Å². The van der Waals surface area contributed by atoms with E-state index in [1.807, 2.05) is 47.8 Å². The highest BCUT2D eigenvalue weighted by Gasteiger charge is 2.29. The van der Waals surface area contributed by atoms with E-state index in [1.54, 1.807) is 11.3 Å². The molecule has 0 spiro atoms. The van der Waals surface area contributed by atoms with Crippen LogP contribution in [0.4, 0.5) is 4.79 Å². The van der Waals surface area contributed by atoms with Crippen LogP contribution in [0.15, 0.2) is 47.8 Å². The Morgan fingerprint density at radius 3 is 2.67 bits per heavy atom. The van der Waals surface area contributed by atoms with Crippen molar-refractivity contribution in [3.05, 3.63) is 58.3 Å². The molecule has 5 nitrogen and oxygen atoms in total. The molecule has 2 atom stereocenters.